The number of hydrogen-bond donors (Lipinski definition) is 0. The molecule has 3 aromatic carbocycles. The van der Waals surface area contributed by atoms with Gasteiger partial charge in [-0.1, -0.05) is 54.6 Å². The quantitative estimate of drug-likeness (QED) is 0.447. The van der Waals surface area contributed by atoms with Gasteiger partial charge in [0.05, 0.1) is 0 Å². The minimum atomic E-state index is -1.45. The summed E-state index contributed by atoms with van der Waals surface area (Å²) in [5.74, 6) is 0. The van der Waals surface area contributed by atoms with Crippen LogP contribution in [0.15, 0.2) is 87.5 Å². The van der Waals surface area contributed by atoms with E-state index in [1.807, 2.05) is 0 Å². The molecule has 2 heteroatoms. The fourth-order valence-electron chi connectivity index (χ4n) is 2.97. The zero-order valence-corrected chi connectivity index (χ0v) is 16.1. The second-order valence-electron chi connectivity index (χ2n) is 5.83. The topological polar surface area (TPSA) is 0 Å². The first kappa shape index (κ1) is 16.4. The maximum absolute atomic E-state index is 4.25. The molecule has 3 rings (SSSR count). The van der Waals surface area contributed by atoms with Crippen LogP contribution in [0.2, 0.25) is 0 Å². The fourth-order valence-corrected chi connectivity index (χ4v) is 9.28. The van der Waals surface area contributed by atoms with Crippen molar-refractivity contribution in [2.75, 3.05) is 0 Å². The lowest BCUT2D eigenvalue weighted by Gasteiger charge is -2.38. The maximum atomic E-state index is 4.25. The molecule has 0 amide bonds. The van der Waals surface area contributed by atoms with Gasteiger partial charge in [-0.15, -0.1) is 8.46 Å². The van der Waals surface area contributed by atoms with E-state index in [4.69, 9.17) is 0 Å². The Bertz CT molecular complexity index is 728. The molecule has 118 valence electrons. The molecule has 0 fully saturated rings. The monoisotopic (exact) mass is 384 g/mol. The Morgan fingerprint density at radius 1 is 0.522 bits per heavy atom. The van der Waals surface area contributed by atoms with Crippen LogP contribution in [0.1, 0.15) is 16.7 Å². The van der Waals surface area contributed by atoms with E-state index in [1.165, 1.54) is 31.4 Å². The third kappa shape index (κ3) is 2.86. The second-order valence-corrected chi connectivity index (χ2v) is 11.1. The van der Waals surface area contributed by atoms with E-state index in [0.717, 1.165) is 0 Å². The van der Waals surface area contributed by atoms with Crippen LogP contribution >= 0.6 is 23.3 Å². The van der Waals surface area contributed by atoms with Gasteiger partial charge in [0.1, 0.15) is 0 Å². The van der Waals surface area contributed by atoms with E-state index in [0.29, 0.717) is 0 Å². The summed E-state index contributed by atoms with van der Waals surface area (Å²) in [4.78, 5) is 4.14. The minimum absolute atomic E-state index is 1.32. The van der Waals surface area contributed by atoms with Gasteiger partial charge in [-0.2, -0.15) is 0 Å². The van der Waals surface area contributed by atoms with Crippen molar-refractivity contribution in [3.63, 3.8) is 0 Å². The molecule has 0 unspecified atom stereocenters. The van der Waals surface area contributed by atoms with E-state index in [2.05, 4.69) is 108 Å². The van der Waals surface area contributed by atoms with Gasteiger partial charge < -0.3 is 0 Å². The molecule has 0 atom stereocenters. The van der Waals surface area contributed by atoms with Crippen LogP contribution in [0, 0.1) is 20.8 Å². The number of benzene rings is 3. The van der Waals surface area contributed by atoms with Crippen LogP contribution in [0.5, 0.6) is 0 Å². The van der Waals surface area contributed by atoms with Gasteiger partial charge in [-0.25, -0.2) is 0 Å². The van der Waals surface area contributed by atoms with Crippen LogP contribution in [-0.2, 0) is 0 Å². The first-order chi connectivity index (χ1) is 11.0. The molecule has 0 aliphatic carbocycles. The fraction of sp³-hybridized carbons (Fsp3) is 0.143. The summed E-state index contributed by atoms with van der Waals surface area (Å²) in [5.41, 5.74) is 3.97. The van der Waals surface area contributed by atoms with Gasteiger partial charge in [0, 0.05) is 14.7 Å². The summed E-state index contributed by atoms with van der Waals surface area (Å²) in [6, 6.07) is 26.2. The maximum Gasteiger partial charge on any atom is 0.0108 e. The Hall–Kier alpha value is -1.51. The van der Waals surface area contributed by atoms with Crippen molar-refractivity contribution in [2.24, 2.45) is 0 Å². The van der Waals surface area contributed by atoms with Crippen molar-refractivity contribution in [2.45, 2.75) is 35.5 Å². The van der Waals surface area contributed by atoms with Crippen LogP contribution in [0.4, 0.5) is 0 Å². The second kappa shape index (κ2) is 6.54. The predicted molar refractivity (Wildman–Crippen MR) is 105 cm³/mol. The van der Waals surface area contributed by atoms with E-state index in [-0.39, 0.29) is 0 Å². The van der Waals surface area contributed by atoms with Crippen molar-refractivity contribution < 1.29 is 0 Å². The van der Waals surface area contributed by atoms with Crippen LogP contribution in [0.25, 0.3) is 0 Å². The lowest BCUT2D eigenvalue weighted by molar-refractivity contribution is 1.20. The van der Waals surface area contributed by atoms with E-state index in [9.17, 15) is 0 Å². The first-order valence-electron chi connectivity index (χ1n) is 7.75. The normalized spacial score (nSPS) is 12.2. The summed E-state index contributed by atoms with van der Waals surface area (Å²) in [6.07, 6.45) is 0. The van der Waals surface area contributed by atoms with Gasteiger partial charge >= 0.3 is 0 Å². The average molecular weight is 385 g/mol. The molecule has 0 aliphatic heterocycles. The standard InChI is InChI=1S/C21H21BrS/c1-16-10-4-7-13-19(16)23(22,20-14-8-5-11-17(20)2)21-15-9-6-12-18(21)3/h4-15H,1-3H3. The van der Waals surface area contributed by atoms with Crippen molar-refractivity contribution in [3.8, 4) is 0 Å². The molecule has 0 radical (unpaired) electrons. The Labute approximate surface area is 148 Å². The first-order valence-corrected chi connectivity index (χ1v) is 11.2. The molecule has 0 spiro atoms. The Morgan fingerprint density at radius 3 is 1.04 bits per heavy atom. The molecule has 0 bridgehead atoms. The lowest BCUT2D eigenvalue weighted by atomic mass is 10.2. The van der Waals surface area contributed by atoms with Crippen LogP contribution < -0.4 is 0 Å². The van der Waals surface area contributed by atoms with Gasteiger partial charge in [-0.3, -0.25) is 0 Å². The van der Waals surface area contributed by atoms with Crippen molar-refractivity contribution >= 4 is 23.3 Å². The van der Waals surface area contributed by atoms with E-state index >= 15 is 0 Å². The minimum Gasteiger partial charge on any atom is -0.100 e. The van der Waals surface area contributed by atoms with Gasteiger partial charge in [0.2, 0.25) is 0 Å². The molecule has 0 heterocycles. The highest BCUT2D eigenvalue weighted by Gasteiger charge is 2.31. The van der Waals surface area contributed by atoms with Gasteiger partial charge in [0.25, 0.3) is 0 Å². The third-order valence-electron chi connectivity index (χ3n) is 4.19. The van der Waals surface area contributed by atoms with Crippen molar-refractivity contribution in [1.29, 1.82) is 0 Å². The third-order valence-corrected chi connectivity index (χ3v) is 10.5. The highest BCUT2D eigenvalue weighted by atomic mass is 79.9. The van der Waals surface area contributed by atoms with E-state index in [1.54, 1.807) is 0 Å². The number of halogens is 1. The summed E-state index contributed by atoms with van der Waals surface area (Å²) < 4.78 is 0. The van der Waals surface area contributed by atoms with Crippen molar-refractivity contribution in [1.82, 2.24) is 0 Å². The smallest absolute Gasteiger partial charge is 0.0108 e. The zero-order valence-electron chi connectivity index (χ0n) is 13.7. The van der Waals surface area contributed by atoms with Crippen molar-refractivity contribution in [3.05, 3.63) is 89.5 Å². The van der Waals surface area contributed by atoms with Gasteiger partial charge in [-0.05, 0) is 70.5 Å². The molecule has 0 nitrogen and oxygen atoms in total. The molecule has 0 N–H and O–H groups in total. The molecular formula is C21H21BrS. The highest BCUT2D eigenvalue weighted by molar-refractivity contribution is 9.58. The Kier molecular flexibility index (Phi) is 4.65. The highest BCUT2D eigenvalue weighted by Crippen LogP contribution is 2.75. The van der Waals surface area contributed by atoms with Crippen LogP contribution in [-0.4, -0.2) is 0 Å². The Morgan fingerprint density at radius 2 is 0.783 bits per heavy atom. The van der Waals surface area contributed by atoms with Crippen LogP contribution in [0.3, 0.4) is 0 Å². The molecule has 0 aromatic heterocycles. The van der Waals surface area contributed by atoms with E-state index < -0.39 is 8.46 Å². The number of aryl methyl sites for hydroxylation is 3. The molecule has 0 saturated carbocycles. The predicted octanol–water partition coefficient (Wildman–Crippen LogP) is 7.20. The summed E-state index contributed by atoms with van der Waals surface area (Å²) in [5, 5.41) is 0. The summed E-state index contributed by atoms with van der Waals surface area (Å²) in [7, 11) is -1.45. The zero-order chi connectivity index (χ0) is 16.4. The largest absolute Gasteiger partial charge is 0.100 e. The number of hydrogen-bond acceptors (Lipinski definition) is 0. The van der Waals surface area contributed by atoms with Gasteiger partial charge in [0.15, 0.2) is 0 Å². The molecule has 3 aromatic rings. The molecule has 23 heavy (non-hydrogen) atoms. The average Bonchev–Trinajstić information content (AvgIpc) is 2.55. The number of rotatable bonds is 3. The summed E-state index contributed by atoms with van der Waals surface area (Å²) in [6.45, 7) is 6.61. The molecule has 0 aliphatic rings. The molecule has 0 saturated heterocycles. The lowest BCUT2D eigenvalue weighted by Crippen LogP contribution is -2.02. The molecular weight excluding hydrogens is 364 g/mol. The SMILES string of the molecule is Cc1ccccc1S(Br)(c1ccccc1C)c1ccccc1C. The summed E-state index contributed by atoms with van der Waals surface area (Å²) >= 11 is 4.25. The Balaban J connectivity index is 2.38.